The Balaban J connectivity index is 1.52. The zero-order chi connectivity index (χ0) is 16.5. The quantitative estimate of drug-likeness (QED) is 0.854. The highest BCUT2D eigenvalue weighted by atomic mass is 16.5. The van der Waals surface area contributed by atoms with Crippen LogP contribution in [0.25, 0.3) is 0 Å². The van der Waals surface area contributed by atoms with Gasteiger partial charge in [0.05, 0.1) is 12.1 Å². The Hall–Kier alpha value is -2.31. The van der Waals surface area contributed by atoms with E-state index in [0.29, 0.717) is 0 Å². The van der Waals surface area contributed by atoms with E-state index in [1.807, 2.05) is 54.5 Å². The number of para-hydroxylation sites is 1. The van der Waals surface area contributed by atoms with Crippen LogP contribution in [0.5, 0.6) is 0 Å². The third-order valence-electron chi connectivity index (χ3n) is 4.61. The maximum Gasteiger partial charge on any atom is 0.253 e. The van der Waals surface area contributed by atoms with Crippen molar-refractivity contribution >= 4 is 11.6 Å². The largest absolute Gasteiger partial charge is 0.365 e. The highest BCUT2D eigenvalue weighted by Crippen LogP contribution is 2.29. The van der Waals surface area contributed by atoms with Crippen molar-refractivity contribution in [1.29, 1.82) is 0 Å². The molecular formula is C18H20N4O2. The minimum Gasteiger partial charge on any atom is -0.365 e. The molecule has 3 heterocycles. The van der Waals surface area contributed by atoms with Crippen molar-refractivity contribution < 1.29 is 9.53 Å². The zero-order valence-electron chi connectivity index (χ0n) is 13.6. The van der Waals surface area contributed by atoms with Gasteiger partial charge in [0, 0.05) is 43.3 Å². The van der Waals surface area contributed by atoms with Gasteiger partial charge >= 0.3 is 0 Å². The van der Waals surface area contributed by atoms with Crippen LogP contribution in [0.15, 0.2) is 42.7 Å². The third kappa shape index (κ3) is 2.90. The summed E-state index contributed by atoms with van der Waals surface area (Å²) >= 11 is 0. The first-order valence-electron chi connectivity index (χ1n) is 8.19. The van der Waals surface area contributed by atoms with Gasteiger partial charge in [0.2, 0.25) is 0 Å². The maximum atomic E-state index is 12.4. The second-order valence-electron chi connectivity index (χ2n) is 6.35. The Morgan fingerprint density at radius 3 is 2.67 bits per heavy atom. The molecule has 0 saturated carbocycles. The fraction of sp³-hybridized carbons (Fsp3) is 0.389. The van der Waals surface area contributed by atoms with Crippen LogP contribution in [-0.4, -0.2) is 52.6 Å². The third-order valence-corrected chi connectivity index (χ3v) is 4.61. The number of anilines is 1. The lowest BCUT2D eigenvalue weighted by Crippen LogP contribution is -2.54. The molecule has 124 valence electrons. The average Bonchev–Trinajstić information content (AvgIpc) is 3.00. The topological polar surface area (TPSA) is 58.6 Å². The van der Waals surface area contributed by atoms with E-state index in [2.05, 4.69) is 14.9 Å². The number of nitrogens with zero attached hydrogens (tertiary/aromatic N) is 4. The fourth-order valence-corrected chi connectivity index (χ4v) is 3.49. The Morgan fingerprint density at radius 2 is 1.92 bits per heavy atom. The van der Waals surface area contributed by atoms with Crippen LogP contribution in [0, 0.1) is 6.92 Å². The minimum atomic E-state index is 0.0305. The van der Waals surface area contributed by atoms with E-state index in [9.17, 15) is 4.79 Å². The summed E-state index contributed by atoms with van der Waals surface area (Å²) in [4.78, 5) is 25.1. The molecule has 2 aliphatic rings. The normalized spacial score (nSPS) is 24.2. The number of amides is 1. The average molecular weight is 324 g/mol. The van der Waals surface area contributed by atoms with E-state index in [1.165, 1.54) is 0 Å². The van der Waals surface area contributed by atoms with E-state index >= 15 is 0 Å². The molecule has 2 fully saturated rings. The molecule has 1 aromatic heterocycles. The van der Waals surface area contributed by atoms with Gasteiger partial charge in [0.1, 0.15) is 12.4 Å². The first kappa shape index (κ1) is 15.2. The second kappa shape index (κ2) is 6.30. The van der Waals surface area contributed by atoms with Gasteiger partial charge in [-0.1, -0.05) is 18.2 Å². The molecule has 0 bridgehead atoms. The number of benzene rings is 1. The molecule has 24 heavy (non-hydrogen) atoms. The maximum absolute atomic E-state index is 12.4. The number of aromatic nitrogens is 2. The zero-order valence-corrected chi connectivity index (χ0v) is 13.6. The molecule has 0 radical (unpaired) electrons. The molecular weight excluding hydrogens is 304 g/mol. The van der Waals surface area contributed by atoms with Crippen molar-refractivity contribution in [3.8, 4) is 0 Å². The molecule has 6 heteroatoms. The van der Waals surface area contributed by atoms with E-state index in [4.69, 9.17) is 4.74 Å². The molecule has 0 N–H and O–H groups in total. The second-order valence-corrected chi connectivity index (χ2v) is 6.35. The van der Waals surface area contributed by atoms with Gasteiger partial charge in [-0.05, 0) is 19.1 Å². The van der Waals surface area contributed by atoms with Crippen LogP contribution in [0.4, 0.5) is 5.69 Å². The van der Waals surface area contributed by atoms with Crippen LogP contribution < -0.4 is 4.90 Å². The number of likely N-dealkylation sites (tertiary alicyclic amines) is 1. The number of fused-ring (bicyclic) bond motifs is 1. The molecule has 2 aromatic rings. The lowest BCUT2D eigenvalue weighted by atomic mass is 10.1. The van der Waals surface area contributed by atoms with Crippen LogP contribution in [-0.2, 0) is 16.1 Å². The molecule has 0 spiro atoms. The van der Waals surface area contributed by atoms with Crippen LogP contribution in [0.1, 0.15) is 11.4 Å². The predicted molar refractivity (Wildman–Crippen MR) is 89.5 cm³/mol. The standard InChI is InChI=1S/C18H20N4O2/c1-13-19-7-14(8-20-13)9-21-10-16-17(11-21)24-12-18(23)22(16)15-5-3-2-4-6-15/h2-8,16-17H,9-12H2,1H3/t16-,17-/m0/s1. The van der Waals surface area contributed by atoms with Crippen molar-refractivity contribution in [3.05, 3.63) is 54.1 Å². The van der Waals surface area contributed by atoms with Crippen molar-refractivity contribution in [2.24, 2.45) is 0 Å². The number of ether oxygens (including phenoxy) is 1. The Morgan fingerprint density at radius 1 is 1.17 bits per heavy atom. The lowest BCUT2D eigenvalue weighted by molar-refractivity contribution is -0.130. The number of aryl methyl sites for hydroxylation is 1. The minimum absolute atomic E-state index is 0.0305. The molecule has 6 nitrogen and oxygen atoms in total. The number of morpholine rings is 1. The van der Waals surface area contributed by atoms with Crippen LogP contribution >= 0.6 is 0 Å². The summed E-state index contributed by atoms with van der Waals surface area (Å²) in [5, 5.41) is 0. The first-order valence-corrected chi connectivity index (χ1v) is 8.19. The van der Waals surface area contributed by atoms with E-state index < -0.39 is 0 Å². The molecule has 2 aliphatic heterocycles. The molecule has 2 atom stereocenters. The number of hydrogen-bond acceptors (Lipinski definition) is 5. The van der Waals surface area contributed by atoms with Crippen molar-refractivity contribution in [2.45, 2.75) is 25.6 Å². The number of carbonyl (C=O) groups is 1. The summed E-state index contributed by atoms with van der Waals surface area (Å²) in [5.74, 6) is 0.806. The van der Waals surface area contributed by atoms with Gasteiger partial charge in [-0.2, -0.15) is 0 Å². The van der Waals surface area contributed by atoms with Gasteiger partial charge in [-0.15, -0.1) is 0 Å². The van der Waals surface area contributed by atoms with Crippen molar-refractivity contribution in [1.82, 2.24) is 14.9 Å². The molecule has 0 aliphatic carbocycles. The van der Waals surface area contributed by atoms with E-state index in [0.717, 1.165) is 36.7 Å². The van der Waals surface area contributed by atoms with Crippen molar-refractivity contribution in [2.75, 3.05) is 24.6 Å². The predicted octanol–water partition coefficient (Wildman–Crippen LogP) is 1.40. The van der Waals surface area contributed by atoms with Crippen molar-refractivity contribution in [3.63, 3.8) is 0 Å². The van der Waals surface area contributed by atoms with Crippen LogP contribution in [0.2, 0.25) is 0 Å². The summed E-state index contributed by atoms with van der Waals surface area (Å²) < 4.78 is 5.79. The van der Waals surface area contributed by atoms with E-state index in [1.54, 1.807) is 0 Å². The van der Waals surface area contributed by atoms with Gasteiger partial charge < -0.3 is 9.64 Å². The molecule has 0 unspecified atom stereocenters. The Kier molecular flexibility index (Phi) is 4.00. The van der Waals surface area contributed by atoms with E-state index in [-0.39, 0.29) is 24.7 Å². The Bertz CT molecular complexity index is 720. The van der Waals surface area contributed by atoms with Gasteiger partial charge in [0.25, 0.3) is 5.91 Å². The van der Waals surface area contributed by atoms with Gasteiger partial charge in [0.15, 0.2) is 0 Å². The molecule has 4 rings (SSSR count). The van der Waals surface area contributed by atoms with Crippen LogP contribution in [0.3, 0.4) is 0 Å². The molecule has 1 amide bonds. The summed E-state index contributed by atoms with van der Waals surface area (Å²) in [6.07, 6.45) is 3.78. The number of rotatable bonds is 3. The Labute approximate surface area is 141 Å². The highest BCUT2D eigenvalue weighted by Gasteiger charge is 2.43. The first-order chi connectivity index (χ1) is 11.7. The summed E-state index contributed by atoms with van der Waals surface area (Å²) in [5.41, 5.74) is 2.03. The SMILES string of the molecule is Cc1ncc(CN2C[C@@H]3OCC(=O)N(c4ccccc4)[C@H]3C2)cn1. The number of hydrogen-bond donors (Lipinski definition) is 0. The molecule has 1 aromatic carbocycles. The number of carbonyl (C=O) groups excluding carboxylic acids is 1. The highest BCUT2D eigenvalue weighted by molar-refractivity contribution is 5.95. The summed E-state index contributed by atoms with van der Waals surface area (Å²) in [6.45, 7) is 4.41. The molecule has 2 saturated heterocycles. The van der Waals surface area contributed by atoms with Gasteiger partial charge in [-0.3, -0.25) is 9.69 Å². The lowest BCUT2D eigenvalue weighted by Gasteiger charge is -2.36. The monoisotopic (exact) mass is 324 g/mol. The fourth-order valence-electron chi connectivity index (χ4n) is 3.49. The summed E-state index contributed by atoms with van der Waals surface area (Å²) in [7, 11) is 0. The van der Waals surface area contributed by atoms with Gasteiger partial charge in [-0.25, -0.2) is 9.97 Å². The summed E-state index contributed by atoms with van der Waals surface area (Å²) in [6, 6.07) is 9.91. The smallest absolute Gasteiger partial charge is 0.253 e.